The number of benzene rings is 1. The molecule has 0 unspecified atom stereocenters. The zero-order chi connectivity index (χ0) is 14.7. The molecule has 0 bridgehead atoms. The summed E-state index contributed by atoms with van der Waals surface area (Å²) in [7, 11) is 2.16. The van der Waals surface area contributed by atoms with Gasteiger partial charge in [-0.05, 0) is 49.7 Å². The van der Waals surface area contributed by atoms with Crippen molar-refractivity contribution in [3.05, 3.63) is 56.7 Å². The fourth-order valence-corrected chi connectivity index (χ4v) is 3.53. The van der Waals surface area contributed by atoms with Crippen molar-refractivity contribution in [2.45, 2.75) is 38.5 Å². The Balaban J connectivity index is 1.49. The van der Waals surface area contributed by atoms with E-state index in [1.807, 2.05) is 23.5 Å². The number of hydrogen-bond acceptors (Lipinski definition) is 3. The second-order valence-electron chi connectivity index (χ2n) is 5.82. The first-order valence-corrected chi connectivity index (χ1v) is 8.62. The molecule has 4 heteroatoms. The predicted molar refractivity (Wildman–Crippen MR) is 90.8 cm³/mol. The van der Waals surface area contributed by atoms with Crippen molar-refractivity contribution in [1.29, 1.82) is 0 Å². The summed E-state index contributed by atoms with van der Waals surface area (Å²) in [6.45, 7) is 2.97. The molecule has 1 aromatic carbocycles. The van der Waals surface area contributed by atoms with E-state index in [4.69, 9.17) is 11.6 Å². The molecule has 3 rings (SSSR count). The first kappa shape index (κ1) is 15.0. The van der Waals surface area contributed by atoms with Gasteiger partial charge in [0.15, 0.2) is 0 Å². The number of nitrogens with zero attached hydrogens (tertiary/aromatic N) is 1. The Kier molecular flexibility index (Phi) is 4.96. The molecule has 1 heterocycles. The predicted octanol–water partition coefficient (Wildman–Crippen LogP) is 4.29. The van der Waals surface area contributed by atoms with Crippen LogP contribution in [0.15, 0.2) is 36.4 Å². The lowest BCUT2D eigenvalue weighted by Crippen LogP contribution is -2.16. The highest BCUT2D eigenvalue weighted by molar-refractivity contribution is 7.11. The summed E-state index contributed by atoms with van der Waals surface area (Å²) in [5.74, 6) is 0. The van der Waals surface area contributed by atoms with E-state index in [-0.39, 0.29) is 0 Å². The average molecular weight is 321 g/mol. The van der Waals surface area contributed by atoms with E-state index < -0.39 is 0 Å². The summed E-state index contributed by atoms with van der Waals surface area (Å²) in [5, 5.41) is 4.37. The third-order valence-corrected chi connectivity index (χ3v) is 4.97. The SMILES string of the molecule is CN(Cc1ccc(Cl)cc1)Cc1ccc(CNC2CC2)s1. The van der Waals surface area contributed by atoms with Gasteiger partial charge < -0.3 is 5.32 Å². The zero-order valence-corrected chi connectivity index (χ0v) is 13.9. The summed E-state index contributed by atoms with van der Waals surface area (Å²) in [6.07, 6.45) is 2.70. The van der Waals surface area contributed by atoms with Crippen LogP contribution in [-0.2, 0) is 19.6 Å². The van der Waals surface area contributed by atoms with Gasteiger partial charge in [-0.1, -0.05) is 23.7 Å². The van der Waals surface area contributed by atoms with Crippen molar-refractivity contribution < 1.29 is 0 Å². The molecule has 0 saturated heterocycles. The van der Waals surface area contributed by atoms with Gasteiger partial charge in [-0.2, -0.15) is 0 Å². The monoisotopic (exact) mass is 320 g/mol. The third kappa shape index (κ3) is 4.82. The molecule has 21 heavy (non-hydrogen) atoms. The molecule has 1 aromatic heterocycles. The van der Waals surface area contributed by atoms with Crippen molar-refractivity contribution in [2.24, 2.45) is 0 Å². The fourth-order valence-electron chi connectivity index (χ4n) is 2.36. The van der Waals surface area contributed by atoms with Crippen LogP contribution in [0, 0.1) is 0 Å². The fraction of sp³-hybridized carbons (Fsp3) is 0.412. The van der Waals surface area contributed by atoms with E-state index in [1.165, 1.54) is 28.2 Å². The average Bonchev–Trinajstić information content (AvgIpc) is 3.19. The molecule has 0 spiro atoms. The molecular formula is C17H21ClN2S. The molecule has 2 nitrogen and oxygen atoms in total. The van der Waals surface area contributed by atoms with Crippen molar-refractivity contribution >= 4 is 22.9 Å². The Bertz CT molecular complexity index is 575. The van der Waals surface area contributed by atoms with Crippen LogP contribution < -0.4 is 5.32 Å². The number of halogens is 1. The van der Waals surface area contributed by atoms with Crippen LogP contribution >= 0.6 is 22.9 Å². The molecule has 112 valence electrons. The van der Waals surface area contributed by atoms with Crippen molar-refractivity contribution in [3.8, 4) is 0 Å². The lowest BCUT2D eigenvalue weighted by molar-refractivity contribution is 0.322. The Morgan fingerprint density at radius 2 is 1.81 bits per heavy atom. The second-order valence-corrected chi connectivity index (χ2v) is 7.51. The molecule has 1 N–H and O–H groups in total. The minimum absolute atomic E-state index is 0.781. The van der Waals surface area contributed by atoms with Gasteiger partial charge in [0.05, 0.1) is 0 Å². The molecule has 1 aliphatic carbocycles. The second kappa shape index (κ2) is 6.93. The number of thiophene rings is 1. The topological polar surface area (TPSA) is 15.3 Å². The maximum atomic E-state index is 5.92. The maximum Gasteiger partial charge on any atom is 0.0406 e. The van der Waals surface area contributed by atoms with E-state index in [2.05, 4.69) is 41.5 Å². The van der Waals surface area contributed by atoms with Gasteiger partial charge in [-0.3, -0.25) is 4.90 Å². The molecule has 1 fully saturated rings. The summed E-state index contributed by atoms with van der Waals surface area (Å²) in [5.41, 5.74) is 1.30. The van der Waals surface area contributed by atoms with Crippen LogP contribution in [-0.4, -0.2) is 18.0 Å². The van der Waals surface area contributed by atoms with Crippen LogP contribution in [0.25, 0.3) is 0 Å². The minimum Gasteiger partial charge on any atom is -0.309 e. The van der Waals surface area contributed by atoms with E-state index in [0.717, 1.165) is 30.7 Å². The summed E-state index contributed by atoms with van der Waals surface area (Å²) < 4.78 is 0. The van der Waals surface area contributed by atoms with Crippen molar-refractivity contribution in [3.63, 3.8) is 0 Å². The minimum atomic E-state index is 0.781. The molecule has 0 radical (unpaired) electrons. The summed E-state index contributed by atoms with van der Waals surface area (Å²) >= 11 is 7.84. The normalized spacial score (nSPS) is 14.8. The molecule has 0 aliphatic heterocycles. The Morgan fingerprint density at radius 3 is 2.52 bits per heavy atom. The van der Waals surface area contributed by atoms with Crippen LogP contribution in [0.1, 0.15) is 28.2 Å². The Hall–Kier alpha value is -0.870. The summed E-state index contributed by atoms with van der Waals surface area (Å²) in [4.78, 5) is 5.21. The zero-order valence-electron chi connectivity index (χ0n) is 12.3. The van der Waals surface area contributed by atoms with E-state index in [0.29, 0.717) is 0 Å². The number of nitrogens with one attached hydrogen (secondary N) is 1. The molecule has 0 atom stereocenters. The van der Waals surface area contributed by atoms with Gasteiger partial charge in [-0.25, -0.2) is 0 Å². The van der Waals surface area contributed by atoms with Crippen LogP contribution in [0.4, 0.5) is 0 Å². The van der Waals surface area contributed by atoms with Gasteiger partial charge in [0.1, 0.15) is 0 Å². The lowest BCUT2D eigenvalue weighted by atomic mass is 10.2. The van der Waals surface area contributed by atoms with Crippen LogP contribution in [0.2, 0.25) is 5.02 Å². The molecule has 0 amide bonds. The Labute approximate surface area is 135 Å². The van der Waals surface area contributed by atoms with E-state index in [1.54, 1.807) is 0 Å². The summed E-state index contributed by atoms with van der Waals surface area (Å²) in [6, 6.07) is 13.4. The lowest BCUT2D eigenvalue weighted by Gasteiger charge is -2.15. The number of rotatable bonds is 7. The maximum absolute atomic E-state index is 5.92. The van der Waals surface area contributed by atoms with Crippen LogP contribution in [0.5, 0.6) is 0 Å². The largest absolute Gasteiger partial charge is 0.309 e. The van der Waals surface area contributed by atoms with Gasteiger partial charge in [0, 0.05) is 40.5 Å². The van der Waals surface area contributed by atoms with Gasteiger partial charge in [0.2, 0.25) is 0 Å². The third-order valence-electron chi connectivity index (χ3n) is 3.65. The molecule has 1 saturated carbocycles. The smallest absolute Gasteiger partial charge is 0.0406 e. The highest BCUT2D eigenvalue weighted by atomic mass is 35.5. The first-order chi connectivity index (χ1) is 10.2. The van der Waals surface area contributed by atoms with Crippen molar-refractivity contribution in [1.82, 2.24) is 10.2 Å². The van der Waals surface area contributed by atoms with Crippen LogP contribution in [0.3, 0.4) is 0 Å². The molecular weight excluding hydrogens is 300 g/mol. The highest BCUT2D eigenvalue weighted by Crippen LogP contribution is 2.22. The van der Waals surface area contributed by atoms with Crippen molar-refractivity contribution in [2.75, 3.05) is 7.05 Å². The quantitative estimate of drug-likeness (QED) is 0.819. The van der Waals surface area contributed by atoms with Gasteiger partial charge in [-0.15, -0.1) is 11.3 Å². The van der Waals surface area contributed by atoms with E-state index >= 15 is 0 Å². The molecule has 1 aliphatic rings. The molecule has 2 aromatic rings. The Morgan fingerprint density at radius 1 is 1.10 bits per heavy atom. The first-order valence-electron chi connectivity index (χ1n) is 7.43. The van der Waals surface area contributed by atoms with E-state index in [9.17, 15) is 0 Å². The van der Waals surface area contributed by atoms with Gasteiger partial charge >= 0.3 is 0 Å². The number of hydrogen-bond donors (Lipinski definition) is 1. The van der Waals surface area contributed by atoms with Gasteiger partial charge in [0.25, 0.3) is 0 Å². The highest BCUT2D eigenvalue weighted by Gasteiger charge is 2.20. The standard InChI is InChI=1S/C17H21ClN2S/c1-20(11-13-2-4-14(18)5-3-13)12-17-9-8-16(21-17)10-19-15-6-7-15/h2-5,8-9,15,19H,6-7,10-12H2,1H3.